The van der Waals surface area contributed by atoms with Gasteiger partial charge in [0, 0.05) is 21.9 Å². The predicted molar refractivity (Wildman–Crippen MR) is 110 cm³/mol. The third kappa shape index (κ3) is 3.49. The van der Waals surface area contributed by atoms with Crippen LogP contribution in [0.4, 0.5) is 5.69 Å². The van der Waals surface area contributed by atoms with E-state index in [0.717, 1.165) is 25.4 Å². The molecule has 2 heterocycles. The summed E-state index contributed by atoms with van der Waals surface area (Å²) in [4.78, 5) is 22.3. The molecular weight excluding hydrogens is 434 g/mol. The van der Waals surface area contributed by atoms with E-state index in [2.05, 4.69) is 31.2 Å². The summed E-state index contributed by atoms with van der Waals surface area (Å²) < 4.78 is 0.794. The molecule has 128 valence electrons. The minimum atomic E-state index is -0.264. The predicted octanol–water partition coefficient (Wildman–Crippen LogP) is 6.03. The largest absolute Gasteiger partial charge is 0.322 e. The molecular formula is C19H11BrClN3OS. The van der Waals surface area contributed by atoms with Gasteiger partial charge in [-0.05, 0) is 42.5 Å². The third-order valence-corrected chi connectivity index (χ3v) is 5.56. The Morgan fingerprint density at radius 2 is 2.00 bits per heavy atom. The second kappa shape index (κ2) is 7.15. The van der Waals surface area contributed by atoms with E-state index in [1.54, 1.807) is 24.4 Å². The minimum absolute atomic E-state index is 0.264. The summed E-state index contributed by atoms with van der Waals surface area (Å²) in [6.07, 6.45) is 1.75. The van der Waals surface area contributed by atoms with E-state index in [0.29, 0.717) is 16.3 Å². The van der Waals surface area contributed by atoms with Crippen LogP contribution in [0, 0.1) is 0 Å². The van der Waals surface area contributed by atoms with Gasteiger partial charge >= 0.3 is 0 Å². The number of anilines is 1. The van der Waals surface area contributed by atoms with E-state index in [1.165, 1.54) is 11.3 Å². The topological polar surface area (TPSA) is 54.9 Å². The van der Waals surface area contributed by atoms with Crippen molar-refractivity contribution in [2.75, 3.05) is 5.32 Å². The number of halogens is 2. The molecule has 0 radical (unpaired) electrons. The van der Waals surface area contributed by atoms with Crippen molar-refractivity contribution in [2.24, 2.45) is 0 Å². The smallest absolute Gasteiger partial charge is 0.257 e. The highest BCUT2D eigenvalue weighted by Crippen LogP contribution is 2.30. The Bertz CT molecular complexity index is 1100. The molecule has 0 fully saturated rings. The highest BCUT2D eigenvalue weighted by atomic mass is 79.9. The Hall–Kier alpha value is -2.28. The molecule has 0 aliphatic rings. The van der Waals surface area contributed by atoms with Crippen LogP contribution in [-0.4, -0.2) is 15.9 Å². The van der Waals surface area contributed by atoms with Crippen molar-refractivity contribution < 1.29 is 4.79 Å². The molecule has 26 heavy (non-hydrogen) atoms. The van der Waals surface area contributed by atoms with E-state index < -0.39 is 0 Å². The lowest BCUT2D eigenvalue weighted by Crippen LogP contribution is -2.12. The van der Waals surface area contributed by atoms with E-state index >= 15 is 0 Å². The first-order valence-electron chi connectivity index (χ1n) is 7.68. The van der Waals surface area contributed by atoms with Crippen LogP contribution in [0.3, 0.4) is 0 Å². The van der Waals surface area contributed by atoms with Crippen molar-refractivity contribution in [3.63, 3.8) is 0 Å². The van der Waals surface area contributed by atoms with Crippen LogP contribution in [0.5, 0.6) is 0 Å². The third-order valence-electron chi connectivity index (χ3n) is 3.71. The standard InChI is InChI=1S/C19H11BrClN3OS/c20-12-6-7-15(21)14(10-12)17(25)23-13-4-1-3-11(9-13)18-24-16-5-2-8-22-19(16)26-18/h1-10H,(H,23,25). The summed E-state index contributed by atoms with van der Waals surface area (Å²) in [5, 5.41) is 4.15. The zero-order chi connectivity index (χ0) is 18.1. The monoisotopic (exact) mass is 443 g/mol. The molecule has 0 saturated heterocycles. The highest BCUT2D eigenvalue weighted by Gasteiger charge is 2.12. The number of rotatable bonds is 3. The van der Waals surface area contributed by atoms with Crippen molar-refractivity contribution in [2.45, 2.75) is 0 Å². The number of amides is 1. The Morgan fingerprint density at radius 3 is 2.85 bits per heavy atom. The van der Waals surface area contributed by atoms with Crippen LogP contribution < -0.4 is 5.32 Å². The van der Waals surface area contributed by atoms with Crippen LogP contribution in [0.2, 0.25) is 5.02 Å². The fraction of sp³-hybridized carbons (Fsp3) is 0. The first-order chi connectivity index (χ1) is 12.6. The normalized spacial score (nSPS) is 10.8. The number of hydrogen-bond acceptors (Lipinski definition) is 4. The van der Waals surface area contributed by atoms with Gasteiger partial charge in [0.2, 0.25) is 0 Å². The summed E-state index contributed by atoms with van der Waals surface area (Å²) in [7, 11) is 0. The van der Waals surface area contributed by atoms with Gasteiger partial charge in [-0.25, -0.2) is 9.97 Å². The average Bonchev–Trinajstić information content (AvgIpc) is 3.08. The lowest BCUT2D eigenvalue weighted by molar-refractivity contribution is 0.102. The van der Waals surface area contributed by atoms with Crippen molar-refractivity contribution in [3.8, 4) is 10.6 Å². The number of fused-ring (bicyclic) bond motifs is 1. The van der Waals surface area contributed by atoms with E-state index in [1.807, 2.05) is 36.4 Å². The summed E-state index contributed by atoms with van der Waals surface area (Å²) >= 11 is 11.0. The lowest BCUT2D eigenvalue weighted by Gasteiger charge is -2.08. The number of thiazole rings is 1. The van der Waals surface area contributed by atoms with Gasteiger partial charge < -0.3 is 5.32 Å². The Balaban J connectivity index is 1.63. The summed E-state index contributed by atoms with van der Waals surface area (Å²) in [5.74, 6) is -0.264. The van der Waals surface area contributed by atoms with Crippen molar-refractivity contribution >= 4 is 60.8 Å². The molecule has 0 aliphatic carbocycles. The number of hydrogen-bond donors (Lipinski definition) is 1. The van der Waals surface area contributed by atoms with Crippen molar-refractivity contribution in [1.29, 1.82) is 0 Å². The first-order valence-corrected chi connectivity index (χ1v) is 9.67. The fourth-order valence-electron chi connectivity index (χ4n) is 2.49. The van der Waals surface area contributed by atoms with Crippen molar-refractivity contribution in [3.05, 3.63) is 75.9 Å². The van der Waals surface area contributed by atoms with Gasteiger partial charge in [0.25, 0.3) is 5.91 Å². The van der Waals surface area contributed by atoms with Gasteiger partial charge in [0.15, 0.2) is 0 Å². The summed E-state index contributed by atoms with van der Waals surface area (Å²) in [5.41, 5.74) is 2.88. The zero-order valence-electron chi connectivity index (χ0n) is 13.2. The second-order valence-corrected chi connectivity index (χ2v) is 7.81. The van der Waals surface area contributed by atoms with Crippen molar-refractivity contribution in [1.82, 2.24) is 9.97 Å². The molecule has 0 unspecified atom stereocenters. The van der Waals surface area contributed by atoms with Gasteiger partial charge in [-0.15, -0.1) is 0 Å². The zero-order valence-corrected chi connectivity index (χ0v) is 16.4. The minimum Gasteiger partial charge on any atom is -0.322 e. The molecule has 1 N–H and O–H groups in total. The van der Waals surface area contributed by atoms with Crippen LogP contribution in [0.1, 0.15) is 10.4 Å². The number of benzene rings is 2. The maximum absolute atomic E-state index is 12.5. The number of aromatic nitrogens is 2. The van der Waals surface area contributed by atoms with Gasteiger partial charge in [-0.3, -0.25) is 4.79 Å². The highest BCUT2D eigenvalue weighted by molar-refractivity contribution is 9.10. The van der Waals surface area contributed by atoms with E-state index in [9.17, 15) is 4.79 Å². The summed E-state index contributed by atoms with van der Waals surface area (Å²) in [6.45, 7) is 0. The number of nitrogens with zero attached hydrogens (tertiary/aromatic N) is 2. The van der Waals surface area contributed by atoms with E-state index in [4.69, 9.17) is 11.6 Å². The molecule has 7 heteroatoms. The molecule has 4 nitrogen and oxygen atoms in total. The maximum Gasteiger partial charge on any atom is 0.257 e. The summed E-state index contributed by atoms with van der Waals surface area (Å²) in [6, 6.07) is 16.5. The number of pyridine rings is 1. The second-order valence-electron chi connectivity index (χ2n) is 5.51. The Kier molecular flexibility index (Phi) is 4.72. The lowest BCUT2D eigenvalue weighted by atomic mass is 10.2. The number of nitrogens with one attached hydrogen (secondary N) is 1. The van der Waals surface area contributed by atoms with Crippen LogP contribution in [0.15, 0.2) is 65.3 Å². The van der Waals surface area contributed by atoms with Crippen LogP contribution >= 0.6 is 38.9 Å². The first kappa shape index (κ1) is 17.1. The molecule has 0 aliphatic heterocycles. The molecule has 4 rings (SSSR count). The maximum atomic E-state index is 12.5. The molecule has 1 amide bonds. The van der Waals surface area contributed by atoms with Crippen LogP contribution in [0.25, 0.3) is 20.9 Å². The SMILES string of the molecule is O=C(Nc1cccc(-c2nc3cccnc3s2)c1)c1cc(Br)ccc1Cl. The molecule has 4 aromatic rings. The van der Waals surface area contributed by atoms with Gasteiger partial charge in [0.05, 0.1) is 10.6 Å². The van der Waals surface area contributed by atoms with Gasteiger partial charge in [-0.1, -0.05) is 51.0 Å². The molecule has 0 saturated carbocycles. The molecule has 0 atom stereocenters. The Labute approximate surface area is 167 Å². The number of carbonyl (C=O) groups excluding carboxylic acids is 1. The quantitative estimate of drug-likeness (QED) is 0.420. The Morgan fingerprint density at radius 1 is 1.12 bits per heavy atom. The number of carbonyl (C=O) groups is 1. The van der Waals surface area contributed by atoms with Crippen LogP contribution in [-0.2, 0) is 0 Å². The molecule has 0 spiro atoms. The van der Waals surface area contributed by atoms with Gasteiger partial charge in [-0.2, -0.15) is 0 Å². The molecule has 0 bridgehead atoms. The molecule has 2 aromatic heterocycles. The molecule has 2 aromatic carbocycles. The van der Waals surface area contributed by atoms with Gasteiger partial charge in [0.1, 0.15) is 15.4 Å². The average molecular weight is 445 g/mol. The van der Waals surface area contributed by atoms with E-state index in [-0.39, 0.29) is 5.91 Å². The fourth-order valence-corrected chi connectivity index (χ4v) is 3.96.